The summed E-state index contributed by atoms with van der Waals surface area (Å²) in [7, 11) is 1.56. The molecule has 0 atom stereocenters. The Hall–Kier alpha value is -2.93. The second-order valence-corrected chi connectivity index (χ2v) is 7.33. The van der Waals surface area contributed by atoms with Crippen LogP contribution in [-0.2, 0) is 6.61 Å². The number of methoxy groups -OCH3 is 1. The minimum atomic E-state index is 0.329. The molecule has 3 nitrogen and oxygen atoms in total. The third-order valence-electron chi connectivity index (χ3n) is 4.34. The highest BCUT2D eigenvalue weighted by Crippen LogP contribution is 2.38. The molecule has 0 aliphatic carbocycles. The molecule has 0 amide bonds. The molecule has 0 aliphatic rings. The standard InChI is InChI=1S/C24H19Cl2NO2/c1-16-3-7-19(8-4-16)20(14-27)11-18-12-22(26)24(23(13-18)28-2)29-15-17-5-9-21(25)10-6-17/h3-13H,15H2,1-2H3/b20-11+. The zero-order valence-electron chi connectivity index (χ0n) is 16.1. The summed E-state index contributed by atoms with van der Waals surface area (Å²) in [6.45, 7) is 2.34. The van der Waals surface area contributed by atoms with E-state index in [4.69, 9.17) is 32.7 Å². The highest BCUT2D eigenvalue weighted by atomic mass is 35.5. The quantitative estimate of drug-likeness (QED) is 0.318. The Morgan fingerprint density at radius 2 is 1.72 bits per heavy atom. The summed E-state index contributed by atoms with van der Waals surface area (Å²) in [6.07, 6.45) is 1.78. The van der Waals surface area contributed by atoms with Crippen molar-refractivity contribution in [3.05, 3.63) is 93.0 Å². The van der Waals surface area contributed by atoms with Gasteiger partial charge in [0.05, 0.1) is 23.8 Å². The minimum Gasteiger partial charge on any atom is -0.493 e. The van der Waals surface area contributed by atoms with Gasteiger partial charge in [0, 0.05) is 5.02 Å². The van der Waals surface area contributed by atoms with Crippen LogP contribution in [0.5, 0.6) is 11.5 Å². The van der Waals surface area contributed by atoms with Crippen LogP contribution in [0.1, 0.15) is 22.3 Å². The SMILES string of the molecule is COc1cc(/C=C(\C#N)c2ccc(C)cc2)cc(Cl)c1OCc1ccc(Cl)cc1. The maximum atomic E-state index is 9.57. The van der Waals surface area contributed by atoms with Gasteiger partial charge in [-0.25, -0.2) is 0 Å². The van der Waals surface area contributed by atoms with Crippen LogP contribution in [0.4, 0.5) is 0 Å². The normalized spacial score (nSPS) is 11.1. The van der Waals surface area contributed by atoms with E-state index in [0.717, 1.165) is 22.3 Å². The van der Waals surface area contributed by atoms with E-state index in [1.54, 1.807) is 25.3 Å². The number of halogens is 2. The Morgan fingerprint density at radius 1 is 1.03 bits per heavy atom. The molecule has 0 aliphatic heterocycles. The number of nitrogens with zero attached hydrogens (tertiary/aromatic N) is 1. The molecule has 0 saturated carbocycles. The Bertz CT molecular complexity index is 1070. The summed E-state index contributed by atoms with van der Waals surface area (Å²) < 4.78 is 11.4. The van der Waals surface area contributed by atoms with Crippen LogP contribution in [0, 0.1) is 18.3 Å². The molecule has 0 heterocycles. The van der Waals surface area contributed by atoms with Crippen LogP contribution < -0.4 is 9.47 Å². The van der Waals surface area contributed by atoms with Gasteiger partial charge in [-0.3, -0.25) is 0 Å². The largest absolute Gasteiger partial charge is 0.493 e. The van der Waals surface area contributed by atoms with Crippen molar-refractivity contribution in [1.29, 1.82) is 5.26 Å². The molecular weight excluding hydrogens is 405 g/mol. The lowest BCUT2D eigenvalue weighted by Gasteiger charge is -2.14. The number of ether oxygens (including phenoxy) is 2. The summed E-state index contributed by atoms with van der Waals surface area (Å²) in [5.41, 5.74) is 4.23. The molecule has 0 aromatic heterocycles. The first kappa shape index (κ1) is 20.8. The first-order valence-electron chi connectivity index (χ1n) is 8.94. The number of hydrogen-bond donors (Lipinski definition) is 0. The van der Waals surface area contributed by atoms with Crippen LogP contribution in [0.15, 0.2) is 60.7 Å². The molecule has 0 N–H and O–H groups in total. The molecule has 5 heteroatoms. The lowest BCUT2D eigenvalue weighted by Crippen LogP contribution is -1.99. The van der Waals surface area contributed by atoms with E-state index in [2.05, 4.69) is 6.07 Å². The Labute approximate surface area is 180 Å². The van der Waals surface area contributed by atoms with E-state index < -0.39 is 0 Å². The lowest BCUT2D eigenvalue weighted by atomic mass is 10.0. The Morgan fingerprint density at radius 3 is 2.34 bits per heavy atom. The van der Waals surface area contributed by atoms with Gasteiger partial charge in [0.1, 0.15) is 6.61 Å². The van der Waals surface area contributed by atoms with E-state index in [1.807, 2.05) is 55.5 Å². The molecular formula is C24H19Cl2NO2. The number of hydrogen-bond acceptors (Lipinski definition) is 3. The van der Waals surface area contributed by atoms with E-state index in [-0.39, 0.29) is 0 Å². The van der Waals surface area contributed by atoms with Gasteiger partial charge in [-0.05, 0) is 54.0 Å². The van der Waals surface area contributed by atoms with E-state index in [1.165, 1.54) is 0 Å². The average Bonchev–Trinajstić information content (AvgIpc) is 2.72. The van der Waals surface area contributed by atoms with Crippen LogP contribution in [-0.4, -0.2) is 7.11 Å². The van der Waals surface area contributed by atoms with E-state index >= 15 is 0 Å². The van der Waals surface area contributed by atoms with Gasteiger partial charge >= 0.3 is 0 Å². The van der Waals surface area contributed by atoms with Gasteiger partial charge in [-0.2, -0.15) is 5.26 Å². The van der Waals surface area contributed by atoms with Gasteiger partial charge in [-0.1, -0.05) is 65.2 Å². The van der Waals surface area contributed by atoms with Crippen molar-refractivity contribution < 1.29 is 9.47 Å². The predicted molar refractivity (Wildman–Crippen MR) is 118 cm³/mol. The van der Waals surface area contributed by atoms with Crippen LogP contribution in [0.3, 0.4) is 0 Å². The van der Waals surface area contributed by atoms with Crippen molar-refractivity contribution >= 4 is 34.9 Å². The highest BCUT2D eigenvalue weighted by Gasteiger charge is 2.13. The fourth-order valence-electron chi connectivity index (χ4n) is 2.78. The maximum absolute atomic E-state index is 9.57. The Kier molecular flexibility index (Phi) is 6.82. The molecule has 0 unspecified atom stereocenters. The van der Waals surface area contributed by atoms with Gasteiger partial charge in [-0.15, -0.1) is 0 Å². The monoisotopic (exact) mass is 423 g/mol. The van der Waals surface area contributed by atoms with E-state index in [0.29, 0.717) is 33.7 Å². The van der Waals surface area contributed by atoms with Crippen molar-refractivity contribution in [2.24, 2.45) is 0 Å². The summed E-state index contributed by atoms with van der Waals surface area (Å²) in [5.74, 6) is 0.953. The number of allylic oxidation sites excluding steroid dienone is 1. The van der Waals surface area contributed by atoms with Crippen LogP contribution in [0.25, 0.3) is 11.6 Å². The molecule has 3 aromatic rings. The van der Waals surface area contributed by atoms with Gasteiger partial charge in [0.2, 0.25) is 0 Å². The number of rotatable bonds is 6. The minimum absolute atomic E-state index is 0.329. The van der Waals surface area contributed by atoms with E-state index in [9.17, 15) is 5.26 Å². The third-order valence-corrected chi connectivity index (χ3v) is 4.87. The van der Waals surface area contributed by atoms with Crippen molar-refractivity contribution in [2.75, 3.05) is 7.11 Å². The molecule has 0 fully saturated rings. The molecule has 3 aromatic carbocycles. The maximum Gasteiger partial charge on any atom is 0.180 e. The van der Waals surface area contributed by atoms with Gasteiger partial charge in [0.15, 0.2) is 11.5 Å². The average molecular weight is 424 g/mol. The summed E-state index contributed by atoms with van der Waals surface area (Å²) >= 11 is 12.4. The molecule has 146 valence electrons. The van der Waals surface area contributed by atoms with Crippen LogP contribution >= 0.6 is 23.2 Å². The molecule has 0 saturated heterocycles. The van der Waals surface area contributed by atoms with Crippen molar-refractivity contribution in [3.8, 4) is 17.6 Å². The molecule has 29 heavy (non-hydrogen) atoms. The number of nitriles is 1. The first-order chi connectivity index (χ1) is 14.0. The number of aryl methyl sites for hydroxylation is 1. The lowest BCUT2D eigenvalue weighted by molar-refractivity contribution is 0.284. The van der Waals surface area contributed by atoms with Crippen molar-refractivity contribution in [3.63, 3.8) is 0 Å². The fraction of sp³-hybridized carbons (Fsp3) is 0.125. The molecule has 3 rings (SSSR count). The summed E-state index contributed by atoms with van der Waals surface area (Å²) in [4.78, 5) is 0. The first-order valence-corrected chi connectivity index (χ1v) is 9.69. The smallest absolute Gasteiger partial charge is 0.180 e. The van der Waals surface area contributed by atoms with Gasteiger partial charge in [0.25, 0.3) is 0 Å². The topological polar surface area (TPSA) is 42.2 Å². The Balaban J connectivity index is 1.88. The predicted octanol–water partition coefficient (Wildman–Crippen LogP) is 6.95. The second kappa shape index (κ2) is 9.52. The van der Waals surface area contributed by atoms with Gasteiger partial charge < -0.3 is 9.47 Å². The van der Waals surface area contributed by atoms with Crippen molar-refractivity contribution in [1.82, 2.24) is 0 Å². The fourth-order valence-corrected chi connectivity index (χ4v) is 3.18. The molecule has 0 spiro atoms. The zero-order valence-corrected chi connectivity index (χ0v) is 17.6. The second-order valence-electron chi connectivity index (χ2n) is 6.49. The number of benzene rings is 3. The summed E-state index contributed by atoms with van der Waals surface area (Å²) in [5, 5.41) is 10.7. The zero-order chi connectivity index (χ0) is 20.8. The van der Waals surface area contributed by atoms with Crippen molar-refractivity contribution in [2.45, 2.75) is 13.5 Å². The molecule has 0 radical (unpaired) electrons. The highest BCUT2D eigenvalue weighted by molar-refractivity contribution is 6.32. The third kappa shape index (κ3) is 5.32. The van der Waals surface area contributed by atoms with Crippen LogP contribution in [0.2, 0.25) is 10.0 Å². The molecule has 0 bridgehead atoms. The summed E-state index contributed by atoms with van der Waals surface area (Å²) in [6, 6.07) is 21.0.